The number of halogens is 1. The number of rotatable bonds is 3. The lowest BCUT2D eigenvalue weighted by Crippen LogP contribution is -2.48. The van der Waals surface area contributed by atoms with Crippen molar-refractivity contribution in [2.75, 3.05) is 26.2 Å². The van der Waals surface area contributed by atoms with Crippen LogP contribution in [0.4, 0.5) is 0 Å². The minimum absolute atomic E-state index is 0.131. The van der Waals surface area contributed by atoms with Crippen molar-refractivity contribution >= 4 is 21.8 Å². The first-order valence-corrected chi connectivity index (χ1v) is 9.99. The van der Waals surface area contributed by atoms with Crippen LogP contribution in [0.5, 0.6) is 0 Å². The summed E-state index contributed by atoms with van der Waals surface area (Å²) in [4.78, 5) is 17.0. The molecule has 2 aromatic rings. The van der Waals surface area contributed by atoms with Crippen molar-refractivity contribution in [1.29, 1.82) is 0 Å². The molecule has 1 amide bonds. The van der Waals surface area contributed by atoms with E-state index in [1.54, 1.807) is 0 Å². The van der Waals surface area contributed by atoms with E-state index in [1.807, 2.05) is 29.2 Å². The van der Waals surface area contributed by atoms with Crippen LogP contribution in [0.25, 0.3) is 0 Å². The molecule has 1 heterocycles. The van der Waals surface area contributed by atoms with Crippen LogP contribution in [-0.4, -0.2) is 41.9 Å². The van der Waals surface area contributed by atoms with Gasteiger partial charge in [0, 0.05) is 42.8 Å². The van der Waals surface area contributed by atoms with Crippen LogP contribution in [0.2, 0.25) is 0 Å². The molecule has 1 saturated heterocycles. The molecule has 4 heteroatoms. The fourth-order valence-corrected chi connectivity index (χ4v) is 3.52. The van der Waals surface area contributed by atoms with Gasteiger partial charge in [0.15, 0.2) is 0 Å². The van der Waals surface area contributed by atoms with E-state index < -0.39 is 0 Å². The lowest BCUT2D eigenvalue weighted by molar-refractivity contribution is 0.0628. The van der Waals surface area contributed by atoms with Crippen LogP contribution in [-0.2, 0) is 12.0 Å². The lowest BCUT2D eigenvalue weighted by atomic mass is 9.87. The highest BCUT2D eigenvalue weighted by atomic mass is 79.9. The molecular formula is C22H27BrN2O. The highest BCUT2D eigenvalue weighted by molar-refractivity contribution is 9.10. The van der Waals surface area contributed by atoms with E-state index in [4.69, 9.17) is 0 Å². The summed E-state index contributed by atoms with van der Waals surface area (Å²) < 4.78 is 0.997. The monoisotopic (exact) mass is 414 g/mol. The Morgan fingerprint density at radius 3 is 2.04 bits per heavy atom. The third kappa shape index (κ3) is 4.74. The Hall–Kier alpha value is -1.65. The Kier molecular flexibility index (Phi) is 5.83. The predicted molar refractivity (Wildman–Crippen MR) is 110 cm³/mol. The molecule has 0 bridgehead atoms. The molecule has 3 nitrogen and oxygen atoms in total. The summed E-state index contributed by atoms with van der Waals surface area (Å²) in [5.74, 6) is 0.131. The Bertz CT molecular complexity index is 739. The molecule has 1 fully saturated rings. The maximum absolute atomic E-state index is 12.6. The fraction of sp³-hybridized carbons (Fsp3) is 0.409. The van der Waals surface area contributed by atoms with Crippen LogP contribution in [0.1, 0.15) is 42.3 Å². The molecule has 0 saturated carbocycles. The van der Waals surface area contributed by atoms with Gasteiger partial charge in [0.1, 0.15) is 0 Å². The molecule has 0 aliphatic carbocycles. The summed E-state index contributed by atoms with van der Waals surface area (Å²) in [7, 11) is 0. The summed E-state index contributed by atoms with van der Waals surface area (Å²) in [5, 5.41) is 0. The third-order valence-corrected chi connectivity index (χ3v) is 5.51. The standard InChI is InChI=1S/C22H27BrN2O/c1-22(2,3)19-8-4-17(5-9-19)16-24-12-14-25(15-13-24)21(26)18-6-10-20(23)11-7-18/h4-11H,12-16H2,1-3H3. The second-order valence-corrected chi connectivity index (χ2v) is 8.94. The second-order valence-electron chi connectivity index (χ2n) is 8.02. The van der Waals surface area contributed by atoms with E-state index in [0.29, 0.717) is 0 Å². The zero-order valence-electron chi connectivity index (χ0n) is 15.8. The highest BCUT2D eigenvalue weighted by Crippen LogP contribution is 2.22. The van der Waals surface area contributed by atoms with Gasteiger partial charge in [0.25, 0.3) is 5.91 Å². The second kappa shape index (κ2) is 7.93. The van der Waals surface area contributed by atoms with E-state index in [-0.39, 0.29) is 11.3 Å². The molecule has 0 unspecified atom stereocenters. The average molecular weight is 415 g/mol. The Balaban J connectivity index is 1.53. The van der Waals surface area contributed by atoms with Crippen molar-refractivity contribution in [2.24, 2.45) is 0 Å². The summed E-state index contributed by atoms with van der Waals surface area (Å²) in [6, 6.07) is 16.6. The molecule has 3 rings (SSSR count). The van der Waals surface area contributed by atoms with Crippen LogP contribution in [0.15, 0.2) is 53.0 Å². The van der Waals surface area contributed by atoms with Gasteiger partial charge in [-0.1, -0.05) is 61.0 Å². The molecule has 0 atom stereocenters. The SMILES string of the molecule is CC(C)(C)c1ccc(CN2CCN(C(=O)c3ccc(Br)cc3)CC2)cc1. The molecule has 0 spiro atoms. The normalized spacial score (nSPS) is 15.9. The van der Waals surface area contributed by atoms with Crippen molar-refractivity contribution in [2.45, 2.75) is 32.7 Å². The number of benzene rings is 2. The largest absolute Gasteiger partial charge is 0.336 e. The molecule has 0 N–H and O–H groups in total. The molecule has 0 aromatic heterocycles. The van der Waals surface area contributed by atoms with Crippen LogP contribution >= 0.6 is 15.9 Å². The van der Waals surface area contributed by atoms with Crippen molar-refractivity contribution in [3.8, 4) is 0 Å². The van der Waals surface area contributed by atoms with Gasteiger partial charge in [-0.15, -0.1) is 0 Å². The fourth-order valence-electron chi connectivity index (χ4n) is 3.25. The van der Waals surface area contributed by atoms with Gasteiger partial charge in [0.05, 0.1) is 0 Å². The van der Waals surface area contributed by atoms with Crippen LogP contribution in [0, 0.1) is 0 Å². The number of amides is 1. The van der Waals surface area contributed by atoms with Gasteiger partial charge in [-0.3, -0.25) is 9.69 Å². The summed E-state index contributed by atoms with van der Waals surface area (Å²) >= 11 is 3.41. The van der Waals surface area contributed by atoms with E-state index in [0.717, 1.165) is 42.8 Å². The first-order chi connectivity index (χ1) is 12.3. The maximum atomic E-state index is 12.6. The summed E-state index contributed by atoms with van der Waals surface area (Å²) in [6.07, 6.45) is 0. The smallest absolute Gasteiger partial charge is 0.253 e. The van der Waals surface area contributed by atoms with E-state index in [2.05, 4.69) is 65.9 Å². The zero-order chi connectivity index (χ0) is 18.7. The quantitative estimate of drug-likeness (QED) is 0.725. The Morgan fingerprint density at radius 1 is 0.923 bits per heavy atom. The summed E-state index contributed by atoms with van der Waals surface area (Å²) in [5.41, 5.74) is 3.66. The van der Waals surface area contributed by atoms with Crippen molar-refractivity contribution in [3.63, 3.8) is 0 Å². The maximum Gasteiger partial charge on any atom is 0.253 e. The van der Waals surface area contributed by atoms with Crippen LogP contribution < -0.4 is 0 Å². The lowest BCUT2D eigenvalue weighted by Gasteiger charge is -2.35. The number of hydrogen-bond acceptors (Lipinski definition) is 2. The number of carbonyl (C=O) groups excluding carboxylic acids is 1. The summed E-state index contributed by atoms with van der Waals surface area (Å²) in [6.45, 7) is 11.1. The van der Waals surface area contributed by atoms with E-state index in [1.165, 1.54) is 11.1 Å². The van der Waals surface area contributed by atoms with Gasteiger partial charge in [-0.05, 0) is 40.8 Å². The van der Waals surface area contributed by atoms with Gasteiger partial charge in [-0.25, -0.2) is 0 Å². The van der Waals surface area contributed by atoms with Gasteiger partial charge < -0.3 is 4.90 Å². The van der Waals surface area contributed by atoms with Crippen molar-refractivity contribution in [3.05, 3.63) is 69.7 Å². The average Bonchev–Trinajstić information content (AvgIpc) is 2.62. The van der Waals surface area contributed by atoms with E-state index in [9.17, 15) is 4.79 Å². The Morgan fingerprint density at radius 2 is 1.50 bits per heavy atom. The first-order valence-electron chi connectivity index (χ1n) is 9.19. The number of carbonyl (C=O) groups is 1. The first kappa shape index (κ1) is 19.1. The molecule has 0 radical (unpaired) electrons. The number of hydrogen-bond donors (Lipinski definition) is 0. The number of piperazine rings is 1. The van der Waals surface area contributed by atoms with Crippen molar-refractivity contribution < 1.29 is 4.79 Å². The zero-order valence-corrected chi connectivity index (χ0v) is 17.4. The topological polar surface area (TPSA) is 23.6 Å². The van der Waals surface area contributed by atoms with Gasteiger partial charge >= 0.3 is 0 Å². The molecule has 1 aliphatic rings. The third-order valence-electron chi connectivity index (χ3n) is 4.98. The van der Waals surface area contributed by atoms with E-state index >= 15 is 0 Å². The molecule has 1 aliphatic heterocycles. The molecule has 138 valence electrons. The predicted octanol–water partition coefficient (Wildman–Crippen LogP) is 4.70. The molecule has 26 heavy (non-hydrogen) atoms. The minimum Gasteiger partial charge on any atom is -0.336 e. The Labute approximate surface area is 165 Å². The molecular weight excluding hydrogens is 388 g/mol. The van der Waals surface area contributed by atoms with Crippen LogP contribution in [0.3, 0.4) is 0 Å². The highest BCUT2D eigenvalue weighted by Gasteiger charge is 2.22. The minimum atomic E-state index is 0.131. The van der Waals surface area contributed by atoms with Gasteiger partial charge in [0.2, 0.25) is 0 Å². The molecule has 2 aromatic carbocycles. The number of nitrogens with zero attached hydrogens (tertiary/aromatic N) is 2. The van der Waals surface area contributed by atoms with Crippen molar-refractivity contribution in [1.82, 2.24) is 9.80 Å². The van der Waals surface area contributed by atoms with Gasteiger partial charge in [-0.2, -0.15) is 0 Å².